The molecule has 1 aliphatic rings. The molecule has 0 atom stereocenters. The molecule has 0 bridgehead atoms. The van der Waals surface area contributed by atoms with Crippen molar-refractivity contribution in [3.63, 3.8) is 0 Å². The van der Waals surface area contributed by atoms with E-state index in [9.17, 15) is 14.3 Å². The molecule has 9 heteroatoms. The molecule has 0 aliphatic carbocycles. The lowest BCUT2D eigenvalue weighted by Gasteiger charge is -2.33. The van der Waals surface area contributed by atoms with Gasteiger partial charge >= 0.3 is 5.97 Å². The summed E-state index contributed by atoms with van der Waals surface area (Å²) in [5, 5.41) is 9.45. The maximum Gasteiger partial charge on any atom is 0.335 e. The van der Waals surface area contributed by atoms with E-state index in [1.807, 2.05) is 56.5 Å². The van der Waals surface area contributed by atoms with Gasteiger partial charge in [0.2, 0.25) is 5.88 Å². The molecule has 0 spiro atoms. The van der Waals surface area contributed by atoms with Gasteiger partial charge in [-0.25, -0.2) is 19.2 Å². The first-order chi connectivity index (χ1) is 23.0. The molecule has 8 nitrogen and oxygen atoms in total. The minimum absolute atomic E-state index is 0.0958. The van der Waals surface area contributed by atoms with Crippen LogP contribution in [0.3, 0.4) is 0 Å². The second-order valence-corrected chi connectivity index (χ2v) is 12.4. The van der Waals surface area contributed by atoms with Gasteiger partial charge in [0.25, 0.3) is 0 Å². The summed E-state index contributed by atoms with van der Waals surface area (Å²) in [6, 6.07) is 21.8. The number of aryl methyl sites for hydroxylation is 2. The average molecular weight is 656 g/mol. The van der Waals surface area contributed by atoms with Gasteiger partial charge in [-0.1, -0.05) is 58.0 Å². The van der Waals surface area contributed by atoms with Crippen LogP contribution in [0.5, 0.6) is 5.88 Å². The minimum atomic E-state index is -0.972. The Morgan fingerprint density at radius 3 is 2.33 bits per heavy atom. The van der Waals surface area contributed by atoms with Crippen LogP contribution in [0.1, 0.15) is 66.1 Å². The van der Waals surface area contributed by atoms with Crippen molar-refractivity contribution in [1.29, 1.82) is 0 Å². The van der Waals surface area contributed by atoms with Gasteiger partial charge in [-0.15, -0.1) is 0 Å². The maximum absolute atomic E-state index is 14.2. The summed E-state index contributed by atoms with van der Waals surface area (Å²) >= 11 is 0. The van der Waals surface area contributed by atoms with Crippen molar-refractivity contribution in [1.82, 2.24) is 14.5 Å². The molecular weight excluding hydrogens is 609 g/mol. The third-order valence-corrected chi connectivity index (χ3v) is 7.87. The van der Waals surface area contributed by atoms with Crippen molar-refractivity contribution in [2.45, 2.75) is 61.1 Å². The standard InChI is InChI=1S/C32H30FN3O4.C5H10O.C2H6/c1-20-7-8-25(26(33)15-20)19-40-31-6-4-5-27(35-31)23-10-9-22(21(2)16-23)18-30-34-28-12-11-24(32(37)38)17-29(28)36(30)13-14-39-3;1-5(2)3-6-4-5;1-2/h4-12,15-17H,13-14,18-19H2,1-3H3,(H,37,38);3-4H2,1-2H3;1-2H3. The predicted molar refractivity (Wildman–Crippen MR) is 187 cm³/mol. The number of aromatic carboxylic acids is 1. The fourth-order valence-electron chi connectivity index (χ4n) is 5.18. The minimum Gasteiger partial charge on any atom is -0.478 e. The fourth-order valence-corrected chi connectivity index (χ4v) is 5.18. The molecular formula is C39H46FN3O5. The number of ether oxygens (including phenoxy) is 3. The molecule has 1 N–H and O–H groups in total. The lowest BCUT2D eigenvalue weighted by atomic mass is 9.92. The molecule has 254 valence electrons. The monoisotopic (exact) mass is 655 g/mol. The summed E-state index contributed by atoms with van der Waals surface area (Å²) in [7, 11) is 1.64. The SMILES string of the molecule is CC.CC1(C)COC1.COCCn1c(Cc2ccc(-c3cccc(OCc4ccc(C)cc4F)n3)cc2C)nc2ccc(C(=O)O)cc21. The van der Waals surface area contributed by atoms with E-state index < -0.39 is 5.97 Å². The summed E-state index contributed by atoms with van der Waals surface area (Å²) in [6.45, 7) is 15.3. The Morgan fingerprint density at radius 1 is 0.979 bits per heavy atom. The van der Waals surface area contributed by atoms with Crippen molar-refractivity contribution in [3.05, 3.63) is 112 Å². The van der Waals surface area contributed by atoms with Gasteiger partial charge in [-0.2, -0.15) is 0 Å². The summed E-state index contributed by atoms with van der Waals surface area (Å²) in [4.78, 5) is 21.0. The highest BCUT2D eigenvalue weighted by Gasteiger charge is 2.26. The van der Waals surface area contributed by atoms with Crippen molar-refractivity contribution in [2.24, 2.45) is 5.41 Å². The Hall–Kier alpha value is -4.60. The van der Waals surface area contributed by atoms with Crippen molar-refractivity contribution < 1.29 is 28.5 Å². The Kier molecular flexibility index (Phi) is 12.4. The number of carbonyl (C=O) groups is 1. The van der Waals surface area contributed by atoms with Gasteiger partial charge in [-0.05, 0) is 66.9 Å². The Labute approximate surface area is 282 Å². The number of nitrogens with zero attached hydrogens (tertiary/aromatic N) is 3. The van der Waals surface area contributed by atoms with Gasteiger partial charge in [0.1, 0.15) is 18.2 Å². The van der Waals surface area contributed by atoms with Crippen LogP contribution in [0.25, 0.3) is 22.3 Å². The molecule has 1 fully saturated rings. The van der Waals surface area contributed by atoms with E-state index >= 15 is 0 Å². The molecule has 2 aromatic heterocycles. The zero-order chi connectivity index (χ0) is 34.8. The second kappa shape index (κ2) is 16.5. The number of imidazole rings is 1. The van der Waals surface area contributed by atoms with Gasteiger partial charge in [0.15, 0.2) is 0 Å². The first kappa shape index (κ1) is 36.2. The number of methoxy groups -OCH3 is 1. The number of hydrogen-bond donors (Lipinski definition) is 1. The van der Waals surface area contributed by atoms with E-state index in [0.29, 0.717) is 36.4 Å². The Balaban J connectivity index is 0.000000578. The lowest BCUT2D eigenvalue weighted by molar-refractivity contribution is -0.0892. The normalized spacial score (nSPS) is 13.1. The number of rotatable bonds is 10. The molecule has 0 unspecified atom stereocenters. The Bertz CT molecular complexity index is 1840. The number of hydrogen-bond acceptors (Lipinski definition) is 6. The van der Waals surface area contributed by atoms with Crippen molar-refractivity contribution in [2.75, 3.05) is 26.9 Å². The van der Waals surface area contributed by atoms with Crippen LogP contribution in [0, 0.1) is 25.1 Å². The van der Waals surface area contributed by atoms with Gasteiger partial charge in [-0.3, -0.25) is 0 Å². The third-order valence-electron chi connectivity index (χ3n) is 7.87. The van der Waals surface area contributed by atoms with E-state index in [2.05, 4.69) is 31.0 Å². The summed E-state index contributed by atoms with van der Waals surface area (Å²) in [5.41, 5.74) is 7.44. The van der Waals surface area contributed by atoms with Crippen molar-refractivity contribution in [3.8, 4) is 17.1 Å². The molecule has 6 rings (SSSR count). The molecule has 5 aromatic rings. The van der Waals surface area contributed by atoms with Crippen LogP contribution in [0.2, 0.25) is 0 Å². The quantitative estimate of drug-likeness (QED) is 0.161. The van der Waals surface area contributed by atoms with E-state index in [0.717, 1.165) is 58.0 Å². The second-order valence-electron chi connectivity index (χ2n) is 12.4. The number of aromatic nitrogens is 3. The van der Waals surface area contributed by atoms with Crippen molar-refractivity contribution >= 4 is 17.0 Å². The van der Waals surface area contributed by atoms with Crippen LogP contribution in [0.4, 0.5) is 4.39 Å². The predicted octanol–water partition coefficient (Wildman–Crippen LogP) is 8.44. The van der Waals surface area contributed by atoms with Crippen LogP contribution < -0.4 is 4.74 Å². The van der Waals surface area contributed by atoms with E-state index in [1.54, 1.807) is 37.4 Å². The molecule has 1 aliphatic heterocycles. The topological polar surface area (TPSA) is 95.7 Å². The van der Waals surface area contributed by atoms with Crippen LogP contribution >= 0.6 is 0 Å². The number of carboxylic acids is 1. The van der Waals surface area contributed by atoms with Crippen LogP contribution in [0.15, 0.2) is 72.8 Å². The number of pyridine rings is 1. The first-order valence-electron chi connectivity index (χ1n) is 16.3. The molecule has 48 heavy (non-hydrogen) atoms. The largest absolute Gasteiger partial charge is 0.478 e. The van der Waals surface area contributed by atoms with Crippen LogP contribution in [-0.2, 0) is 29.0 Å². The number of carboxylic acid groups (broad SMARTS) is 1. The summed E-state index contributed by atoms with van der Waals surface area (Å²) < 4.78 is 32.3. The molecule has 3 aromatic carbocycles. The molecule has 0 amide bonds. The number of fused-ring (bicyclic) bond motifs is 1. The van der Waals surface area contributed by atoms with E-state index in [1.165, 1.54) is 6.07 Å². The molecule has 0 saturated carbocycles. The van der Waals surface area contributed by atoms with Gasteiger partial charge in [0, 0.05) is 42.7 Å². The lowest BCUT2D eigenvalue weighted by Crippen LogP contribution is -2.36. The highest BCUT2D eigenvalue weighted by Crippen LogP contribution is 2.27. The molecule has 1 saturated heterocycles. The van der Waals surface area contributed by atoms with Gasteiger partial charge < -0.3 is 23.9 Å². The Morgan fingerprint density at radius 2 is 1.71 bits per heavy atom. The molecule has 0 radical (unpaired) electrons. The number of halogens is 1. The third kappa shape index (κ3) is 9.27. The van der Waals surface area contributed by atoms with Gasteiger partial charge in [0.05, 0.1) is 42.1 Å². The highest BCUT2D eigenvalue weighted by molar-refractivity contribution is 5.92. The maximum atomic E-state index is 14.2. The van der Waals surface area contributed by atoms with E-state index in [-0.39, 0.29) is 18.0 Å². The molecule has 3 heterocycles. The zero-order valence-corrected chi connectivity index (χ0v) is 29.0. The fraction of sp³-hybridized carbons (Fsp3) is 0.359. The van der Waals surface area contributed by atoms with Crippen LogP contribution in [-0.4, -0.2) is 52.5 Å². The first-order valence-corrected chi connectivity index (χ1v) is 16.3. The smallest absolute Gasteiger partial charge is 0.335 e. The highest BCUT2D eigenvalue weighted by atomic mass is 19.1. The van der Waals surface area contributed by atoms with E-state index in [4.69, 9.17) is 19.2 Å². The average Bonchev–Trinajstić information content (AvgIpc) is 3.41. The zero-order valence-electron chi connectivity index (χ0n) is 29.0. The summed E-state index contributed by atoms with van der Waals surface area (Å²) in [6.07, 6.45) is 0.575. The summed E-state index contributed by atoms with van der Waals surface area (Å²) in [5.74, 6) is -0.00527. The number of benzene rings is 3.